The van der Waals surface area contributed by atoms with Crippen LogP contribution >= 0.6 is 0 Å². The molecular formula is C13H26N2O. The lowest BCUT2D eigenvalue weighted by atomic mass is 9.99. The van der Waals surface area contributed by atoms with Crippen LogP contribution in [0.2, 0.25) is 0 Å². The Hall–Kier alpha value is -0.120. The molecule has 0 spiro atoms. The fourth-order valence-electron chi connectivity index (χ4n) is 2.96. The van der Waals surface area contributed by atoms with E-state index in [4.69, 9.17) is 4.74 Å². The van der Waals surface area contributed by atoms with Gasteiger partial charge in [-0.3, -0.25) is 0 Å². The smallest absolute Gasteiger partial charge is 0.0589 e. The molecule has 2 fully saturated rings. The van der Waals surface area contributed by atoms with Crippen molar-refractivity contribution in [1.29, 1.82) is 0 Å². The van der Waals surface area contributed by atoms with Gasteiger partial charge in [0, 0.05) is 25.2 Å². The summed E-state index contributed by atoms with van der Waals surface area (Å²) in [6, 6.07) is 1.41. The predicted molar refractivity (Wildman–Crippen MR) is 66.7 cm³/mol. The number of nitrogens with one attached hydrogen (secondary N) is 1. The molecule has 0 aromatic heterocycles. The molecule has 2 rings (SSSR count). The molecule has 0 amide bonds. The Morgan fingerprint density at radius 1 is 1.31 bits per heavy atom. The zero-order valence-electron chi connectivity index (χ0n) is 10.7. The summed E-state index contributed by atoms with van der Waals surface area (Å²) in [5.74, 6) is 0. The third-order valence-electron chi connectivity index (χ3n) is 3.84. The Bertz CT molecular complexity index is 208. The van der Waals surface area contributed by atoms with Gasteiger partial charge in [-0.1, -0.05) is 13.3 Å². The zero-order chi connectivity index (χ0) is 11.4. The van der Waals surface area contributed by atoms with E-state index in [1.807, 2.05) is 0 Å². The van der Waals surface area contributed by atoms with Crippen molar-refractivity contribution in [3.05, 3.63) is 0 Å². The van der Waals surface area contributed by atoms with Gasteiger partial charge < -0.3 is 15.0 Å². The van der Waals surface area contributed by atoms with E-state index in [1.54, 1.807) is 0 Å². The second-order valence-electron chi connectivity index (χ2n) is 5.42. The van der Waals surface area contributed by atoms with Gasteiger partial charge in [-0.15, -0.1) is 0 Å². The number of hydrogen-bond acceptors (Lipinski definition) is 3. The first-order valence-electron chi connectivity index (χ1n) is 6.84. The van der Waals surface area contributed by atoms with E-state index < -0.39 is 0 Å². The molecule has 0 aromatic rings. The maximum Gasteiger partial charge on any atom is 0.0589 e. The van der Waals surface area contributed by atoms with Gasteiger partial charge in [0.15, 0.2) is 0 Å². The van der Waals surface area contributed by atoms with Crippen molar-refractivity contribution in [3.8, 4) is 0 Å². The van der Waals surface area contributed by atoms with Gasteiger partial charge in [0.25, 0.3) is 0 Å². The fraction of sp³-hybridized carbons (Fsp3) is 1.00. The first-order chi connectivity index (χ1) is 7.78. The van der Waals surface area contributed by atoms with Crippen LogP contribution in [-0.2, 0) is 4.74 Å². The molecule has 0 aromatic carbocycles. The van der Waals surface area contributed by atoms with E-state index in [0.29, 0.717) is 12.1 Å². The summed E-state index contributed by atoms with van der Waals surface area (Å²) in [4.78, 5) is 2.42. The van der Waals surface area contributed by atoms with Gasteiger partial charge >= 0.3 is 0 Å². The van der Waals surface area contributed by atoms with Crippen LogP contribution in [0.3, 0.4) is 0 Å². The SMILES string of the molecule is CCCC1CC(NC2CCN(C)C2)CCO1. The molecule has 0 bridgehead atoms. The number of ether oxygens (including phenoxy) is 1. The summed E-state index contributed by atoms with van der Waals surface area (Å²) in [7, 11) is 2.21. The van der Waals surface area contributed by atoms with E-state index in [1.165, 1.54) is 45.2 Å². The van der Waals surface area contributed by atoms with Crippen LogP contribution in [0.4, 0.5) is 0 Å². The molecular weight excluding hydrogens is 200 g/mol. The second-order valence-corrected chi connectivity index (χ2v) is 5.42. The summed E-state index contributed by atoms with van der Waals surface area (Å²) in [6.07, 6.45) is 6.70. The minimum Gasteiger partial charge on any atom is -0.378 e. The van der Waals surface area contributed by atoms with Crippen LogP contribution in [0.25, 0.3) is 0 Å². The third-order valence-corrected chi connectivity index (χ3v) is 3.84. The van der Waals surface area contributed by atoms with Gasteiger partial charge in [-0.2, -0.15) is 0 Å². The van der Waals surface area contributed by atoms with Crippen molar-refractivity contribution >= 4 is 0 Å². The Kier molecular flexibility index (Phi) is 4.62. The summed E-state index contributed by atoms with van der Waals surface area (Å²) >= 11 is 0. The molecule has 2 heterocycles. The summed E-state index contributed by atoms with van der Waals surface area (Å²) < 4.78 is 5.78. The maximum atomic E-state index is 5.78. The molecule has 3 unspecified atom stereocenters. The van der Waals surface area contributed by atoms with Crippen LogP contribution in [0.5, 0.6) is 0 Å². The molecule has 0 saturated carbocycles. The van der Waals surface area contributed by atoms with Crippen molar-refractivity contribution in [2.75, 3.05) is 26.7 Å². The molecule has 94 valence electrons. The average molecular weight is 226 g/mol. The molecule has 3 nitrogen and oxygen atoms in total. The molecule has 0 aliphatic carbocycles. The minimum atomic E-state index is 0.510. The number of likely N-dealkylation sites (N-methyl/N-ethyl adjacent to an activating group) is 1. The number of nitrogens with zero attached hydrogens (tertiary/aromatic N) is 1. The van der Waals surface area contributed by atoms with Crippen molar-refractivity contribution in [1.82, 2.24) is 10.2 Å². The monoisotopic (exact) mass is 226 g/mol. The van der Waals surface area contributed by atoms with E-state index in [-0.39, 0.29) is 0 Å². The molecule has 2 aliphatic heterocycles. The predicted octanol–water partition coefficient (Wildman–Crippen LogP) is 1.63. The van der Waals surface area contributed by atoms with E-state index >= 15 is 0 Å². The van der Waals surface area contributed by atoms with Crippen LogP contribution in [0, 0.1) is 0 Å². The van der Waals surface area contributed by atoms with Gasteiger partial charge in [0.1, 0.15) is 0 Å². The lowest BCUT2D eigenvalue weighted by molar-refractivity contribution is -0.00477. The van der Waals surface area contributed by atoms with E-state index in [2.05, 4.69) is 24.2 Å². The molecule has 0 radical (unpaired) electrons. The standard InChI is InChI=1S/C13H26N2O/c1-3-4-13-9-11(6-8-16-13)14-12-5-7-15(2)10-12/h11-14H,3-10H2,1-2H3. The average Bonchev–Trinajstić information content (AvgIpc) is 2.65. The maximum absolute atomic E-state index is 5.78. The molecule has 2 aliphatic rings. The van der Waals surface area contributed by atoms with Crippen LogP contribution < -0.4 is 5.32 Å². The van der Waals surface area contributed by atoms with E-state index in [9.17, 15) is 0 Å². The molecule has 3 heteroatoms. The Morgan fingerprint density at radius 2 is 2.19 bits per heavy atom. The fourth-order valence-corrected chi connectivity index (χ4v) is 2.96. The van der Waals surface area contributed by atoms with Gasteiger partial charge in [0.2, 0.25) is 0 Å². The normalized spacial score (nSPS) is 36.8. The zero-order valence-corrected chi connectivity index (χ0v) is 10.7. The van der Waals surface area contributed by atoms with Gasteiger partial charge in [-0.05, 0) is 39.3 Å². The molecule has 1 N–H and O–H groups in total. The Labute approximate surface area is 99.5 Å². The lowest BCUT2D eigenvalue weighted by Crippen LogP contribution is -2.44. The first-order valence-corrected chi connectivity index (χ1v) is 6.84. The number of rotatable bonds is 4. The highest BCUT2D eigenvalue weighted by molar-refractivity contribution is 4.85. The van der Waals surface area contributed by atoms with Gasteiger partial charge in [-0.25, -0.2) is 0 Å². The largest absolute Gasteiger partial charge is 0.378 e. The summed E-state index contributed by atoms with van der Waals surface area (Å²) in [6.45, 7) is 5.66. The Balaban J connectivity index is 1.72. The molecule has 2 saturated heterocycles. The van der Waals surface area contributed by atoms with E-state index in [0.717, 1.165) is 12.6 Å². The van der Waals surface area contributed by atoms with Crippen LogP contribution in [0.15, 0.2) is 0 Å². The molecule has 3 atom stereocenters. The molecule has 16 heavy (non-hydrogen) atoms. The lowest BCUT2D eigenvalue weighted by Gasteiger charge is -2.32. The van der Waals surface area contributed by atoms with Crippen molar-refractivity contribution in [3.63, 3.8) is 0 Å². The van der Waals surface area contributed by atoms with Crippen LogP contribution in [0.1, 0.15) is 39.0 Å². The first kappa shape index (κ1) is 12.3. The summed E-state index contributed by atoms with van der Waals surface area (Å²) in [5.41, 5.74) is 0. The number of hydrogen-bond donors (Lipinski definition) is 1. The van der Waals surface area contributed by atoms with Crippen molar-refractivity contribution in [2.24, 2.45) is 0 Å². The van der Waals surface area contributed by atoms with Crippen LogP contribution in [-0.4, -0.2) is 49.8 Å². The van der Waals surface area contributed by atoms with Crippen molar-refractivity contribution in [2.45, 2.75) is 57.2 Å². The summed E-state index contributed by atoms with van der Waals surface area (Å²) in [5, 5.41) is 3.81. The highest BCUT2D eigenvalue weighted by Gasteiger charge is 2.26. The topological polar surface area (TPSA) is 24.5 Å². The second kappa shape index (κ2) is 5.99. The minimum absolute atomic E-state index is 0.510. The van der Waals surface area contributed by atoms with Crippen molar-refractivity contribution < 1.29 is 4.74 Å². The highest BCUT2D eigenvalue weighted by atomic mass is 16.5. The van der Waals surface area contributed by atoms with Gasteiger partial charge in [0.05, 0.1) is 6.10 Å². The Morgan fingerprint density at radius 3 is 2.88 bits per heavy atom. The highest BCUT2D eigenvalue weighted by Crippen LogP contribution is 2.19. The third kappa shape index (κ3) is 3.44. The number of likely N-dealkylation sites (tertiary alicyclic amines) is 1. The quantitative estimate of drug-likeness (QED) is 0.788.